The first-order valence-electron chi connectivity index (χ1n) is 11.7. The second-order valence-electron chi connectivity index (χ2n) is 8.68. The SMILES string of the molecule is COCCCOc1nc(-c2cc(F)cc(OCC(C)C)c2)ccc1C(=O)NS(=O)(=O)c1cccc(C)n1.[HH].[HH]. The van der Waals surface area contributed by atoms with Crippen LogP contribution in [0.5, 0.6) is 11.6 Å². The molecule has 9 nitrogen and oxygen atoms in total. The van der Waals surface area contributed by atoms with Gasteiger partial charge in [0, 0.05) is 40.3 Å². The van der Waals surface area contributed by atoms with Crippen molar-refractivity contribution >= 4 is 15.9 Å². The molecule has 0 unspecified atom stereocenters. The Labute approximate surface area is 219 Å². The number of hydrogen-bond donors (Lipinski definition) is 1. The van der Waals surface area contributed by atoms with Crippen LogP contribution in [0.4, 0.5) is 4.39 Å². The van der Waals surface area contributed by atoms with Crippen LogP contribution in [0, 0.1) is 18.7 Å². The number of hydrogen-bond acceptors (Lipinski definition) is 8. The molecule has 2 aromatic heterocycles. The van der Waals surface area contributed by atoms with Gasteiger partial charge in [-0.15, -0.1) is 0 Å². The minimum atomic E-state index is -4.24. The Balaban J connectivity index is 0.00000380. The van der Waals surface area contributed by atoms with Gasteiger partial charge in [-0.3, -0.25) is 4.79 Å². The fraction of sp³-hybridized carbons (Fsp3) is 0.346. The molecule has 0 radical (unpaired) electrons. The van der Waals surface area contributed by atoms with E-state index in [1.807, 2.05) is 18.6 Å². The Kier molecular flexibility index (Phi) is 9.54. The number of carbonyl (C=O) groups excluding carboxylic acids is 1. The minimum Gasteiger partial charge on any atom is -0.493 e. The van der Waals surface area contributed by atoms with Gasteiger partial charge in [-0.2, -0.15) is 8.42 Å². The largest absolute Gasteiger partial charge is 0.493 e. The number of aryl methyl sites for hydroxylation is 1. The van der Waals surface area contributed by atoms with Crippen molar-refractivity contribution < 1.29 is 34.7 Å². The average Bonchev–Trinajstić information content (AvgIpc) is 2.84. The summed E-state index contributed by atoms with van der Waals surface area (Å²) >= 11 is 0. The molecule has 37 heavy (non-hydrogen) atoms. The topological polar surface area (TPSA) is 117 Å². The number of benzene rings is 1. The van der Waals surface area contributed by atoms with Crippen molar-refractivity contribution in [2.75, 3.05) is 26.9 Å². The normalized spacial score (nSPS) is 11.4. The molecule has 2 heterocycles. The van der Waals surface area contributed by atoms with Crippen LogP contribution in [0.15, 0.2) is 53.6 Å². The maximum Gasteiger partial charge on any atom is 0.281 e. The third-order valence-corrected chi connectivity index (χ3v) is 6.18. The standard InChI is InChI=1S/C26H30FN3O6S.2H2/c1-17(2)16-36-21-14-19(13-20(27)15-21)23-10-9-22(26(29-23)35-12-6-11-34-4)25(31)30-37(32,33)24-8-5-7-18(3)28-24;;/h5,7-10,13-15,17H,6,11-12,16H2,1-4H3,(H,30,31);2*1H. The van der Waals surface area contributed by atoms with E-state index in [9.17, 15) is 17.6 Å². The van der Waals surface area contributed by atoms with Gasteiger partial charge in [-0.25, -0.2) is 19.1 Å². The van der Waals surface area contributed by atoms with E-state index in [-0.39, 0.29) is 31.8 Å². The van der Waals surface area contributed by atoms with Gasteiger partial charge in [0.1, 0.15) is 17.1 Å². The molecule has 0 aliphatic heterocycles. The lowest BCUT2D eigenvalue weighted by atomic mass is 10.1. The van der Waals surface area contributed by atoms with Gasteiger partial charge in [0.25, 0.3) is 15.9 Å². The fourth-order valence-corrected chi connectivity index (χ4v) is 4.19. The Morgan fingerprint density at radius 2 is 1.86 bits per heavy atom. The Morgan fingerprint density at radius 3 is 2.57 bits per heavy atom. The zero-order chi connectivity index (χ0) is 27.0. The zero-order valence-electron chi connectivity index (χ0n) is 21.2. The summed E-state index contributed by atoms with van der Waals surface area (Å²) in [4.78, 5) is 21.4. The Morgan fingerprint density at radius 1 is 1.08 bits per heavy atom. The molecule has 1 amide bonds. The average molecular weight is 536 g/mol. The molecule has 0 spiro atoms. The van der Waals surface area contributed by atoms with Crippen LogP contribution >= 0.6 is 0 Å². The van der Waals surface area contributed by atoms with Crippen LogP contribution in [-0.2, 0) is 14.8 Å². The molecule has 11 heteroatoms. The van der Waals surface area contributed by atoms with Crippen molar-refractivity contribution in [1.82, 2.24) is 14.7 Å². The monoisotopic (exact) mass is 535 g/mol. The van der Waals surface area contributed by atoms with E-state index in [0.29, 0.717) is 42.3 Å². The summed E-state index contributed by atoms with van der Waals surface area (Å²) in [6, 6.07) is 11.5. The summed E-state index contributed by atoms with van der Waals surface area (Å²) in [7, 11) is -2.70. The van der Waals surface area contributed by atoms with Gasteiger partial charge in [-0.1, -0.05) is 19.9 Å². The Bertz CT molecular complexity index is 1360. The molecule has 0 saturated heterocycles. The lowest BCUT2D eigenvalue weighted by molar-refractivity contribution is 0.0975. The summed E-state index contributed by atoms with van der Waals surface area (Å²) in [5.74, 6) is -0.969. The van der Waals surface area contributed by atoms with Crippen molar-refractivity contribution in [1.29, 1.82) is 0 Å². The summed E-state index contributed by atoms with van der Waals surface area (Å²) in [5.41, 5.74) is 1.10. The number of ether oxygens (including phenoxy) is 3. The lowest BCUT2D eigenvalue weighted by Crippen LogP contribution is -2.31. The van der Waals surface area contributed by atoms with E-state index in [1.54, 1.807) is 26.2 Å². The zero-order valence-corrected chi connectivity index (χ0v) is 22.0. The van der Waals surface area contributed by atoms with Crippen LogP contribution < -0.4 is 14.2 Å². The predicted octanol–water partition coefficient (Wildman–Crippen LogP) is 4.65. The number of rotatable bonds is 12. The molecule has 3 aromatic rings. The summed E-state index contributed by atoms with van der Waals surface area (Å²) in [6.07, 6.45) is 0.502. The highest BCUT2D eigenvalue weighted by Gasteiger charge is 2.24. The van der Waals surface area contributed by atoms with Crippen molar-refractivity contribution in [3.63, 3.8) is 0 Å². The number of carbonyl (C=O) groups is 1. The van der Waals surface area contributed by atoms with Crippen molar-refractivity contribution in [2.45, 2.75) is 32.2 Å². The fourth-order valence-electron chi connectivity index (χ4n) is 3.21. The summed E-state index contributed by atoms with van der Waals surface area (Å²) in [5, 5.41) is -0.290. The number of halogens is 1. The van der Waals surface area contributed by atoms with Gasteiger partial charge in [0.05, 0.1) is 18.9 Å². The van der Waals surface area contributed by atoms with Crippen LogP contribution in [0.2, 0.25) is 0 Å². The van der Waals surface area contributed by atoms with Crippen LogP contribution in [0.25, 0.3) is 11.3 Å². The highest BCUT2D eigenvalue weighted by atomic mass is 32.2. The second-order valence-corrected chi connectivity index (χ2v) is 10.3. The predicted molar refractivity (Wildman–Crippen MR) is 140 cm³/mol. The molecule has 0 aliphatic carbocycles. The number of aromatic nitrogens is 2. The van der Waals surface area contributed by atoms with E-state index in [1.165, 1.54) is 36.4 Å². The first-order chi connectivity index (χ1) is 17.6. The number of sulfonamides is 1. The molecular weight excluding hydrogens is 501 g/mol. The smallest absolute Gasteiger partial charge is 0.281 e. The molecule has 1 aromatic carbocycles. The van der Waals surface area contributed by atoms with E-state index < -0.39 is 21.7 Å². The highest BCUT2D eigenvalue weighted by molar-refractivity contribution is 7.90. The highest BCUT2D eigenvalue weighted by Crippen LogP contribution is 2.28. The number of methoxy groups -OCH3 is 1. The molecule has 0 fully saturated rings. The maximum absolute atomic E-state index is 14.3. The first-order valence-corrected chi connectivity index (χ1v) is 13.1. The summed E-state index contributed by atoms with van der Waals surface area (Å²) in [6.45, 7) is 6.58. The third kappa shape index (κ3) is 7.96. The first kappa shape index (κ1) is 28.0. The van der Waals surface area contributed by atoms with Gasteiger partial charge in [0.15, 0.2) is 5.03 Å². The van der Waals surface area contributed by atoms with Crippen LogP contribution in [0.1, 0.15) is 39.2 Å². The molecular formula is C26H34FN3O6S. The molecule has 0 bridgehead atoms. The van der Waals surface area contributed by atoms with E-state index in [2.05, 4.69) is 9.97 Å². The van der Waals surface area contributed by atoms with Gasteiger partial charge in [-0.05, 0) is 49.2 Å². The van der Waals surface area contributed by atoms with Gasteiger partial charge < -0.3 is 14.2 Å². The Hall–Kier alpha value is -3.57. The molecule has 0 aliphatic rings. The maximum atomic E-state index is 14.3. The third-order valence-electron chi connectivity index (χ3n) is 4.95. The lowest BCUT2D eigenvalue weighted by Gasteiger charge is -2.14. The molecule has 0 atom stereocenters. The summed E-state index contributed by atoms with van der Waals surface area (Å²) < 4.78 is 58.2. The van der Waals surface area contributed by atoms with Crippen molar-refractivity contribution in [3.05, 3.63) is 65.6 Å². The number of nitrogens with zero attached hydrogens (tertiary/aromatic N) is 2. The number of pyridine rings is 2. The van der Waals surface area contributed by atoms with Crippen LogP contribution in [0.3, 0.4) is 0 Å². The quantitative estimate of drug-likeness (QED) is 0.333. The van der Waals surface area contributed by atoms with Gasteiger partial charge in [0.2, 0.25) is 5.88 Å². The molecule has 0 saturated carbocycles. The van der Waals surface area contributed by atoms with Gasteiger partial charge >= 0.3 is 0 Å². The number of nitrogens with one attached hydrogen (secondary N) is 1. The number of amides is 1. The second kappa shape index (κ2) is 12.6. The van der Waals surface area contributed by atoms with E-state index in [4.69, 9.17) is 14.2 Å². The van der Waals surface area contributed by atoms with Crippen molar-refractivity contribution in [2.24, 2.45) is 5.92 Å². The molecule has 202 valence electrons. The van der Waals surface area contributed by atoms with E-state index in [0.717, 1.165) is 0 Å². The molecule has 3 rings (SSSR count). The van der Waals surface area contributed by atoms with Crippen molar-refractivity contribution in [3.8, 4) is 22.9 Å². The minimum absolute atomic E-state index is 0. The van der Waals surface area contributed by atoms with Crippen LogP contribution in [-0.4, -0.2) is 51.2 Å². The van der Waals surface area contributed by atoms with E-state index >= 15 is 0 Å². The molecule has 1 N–H and O–H groups in total.